The normalized spacial score (nSPS) is 29.3. The van der Waals surface area contributed by atoms with Gasteiger partial charge >= 0.3 is 0 Å². The van der Waals surface area contributed by atoms with Crippen molar-refractivity contribution in [1.29, 1.82) is 0 Å². The summed E-state index contributed by atoms with van der Waals surface area (Å²) in [5.74, 6) is 2.42. The van der Waals surface area contributed by atoms with Crippen LogP contribution in [0, 0.1) is 11.8 Å². The molecule has 1 aliphatic carbocycles. The van der Waals surface area contributed by atoms with Crippen molar-refractivity contribution in [3.8, 4) is 5.75 Å². The molecule has 17 heavy (non-hydrogen) atoms. The van der Waals surface area contributed by atoms with Crippen LogP contribution in [-0.4, -0.2) is 12.1 Å². The second-order valence-electron chi connectivity index (χ2n) is 5.45. The fourth-order valence-electron chi connectivity index (χ4n) is 2.60. The van der Waals surface area contributed by atoms with Crippen LogP contribution in [0.15, 0.2) is 30.3 Å². The Morgan fingerprint density at radius 1 is 1.18 bits per heavy atom. The maximum Gasteiger partial charge on any atom is 0.119 e. The van der Waals surface area contributed by atoms with Crippen LogP contribution in [0.2, 0.25) is 0 Å². The van der Waals surface area contributed by atoms with Crippen molar-refractivity contribution < 1.29 is 4.74 Å². The van der Waals surface area contributed by atoms with E-state index in [1.807, 2.05) is 30.3 Å². The zero-order valence-corrected chi connectivity index (χ0v) is 10.8. The van der Waals surface area contributed by atoms with Gasteiger partial charge in [0.1, 0.15) is 11.9 Å². The first-order valence-corrected chi connectivity index (χ1v) is 6.64. The molecule has 94 valence electrons. The average molecular weight is 233 g/mol. The number of rotatable bonds is 3. The van der Waals surface area contributed by atoms with Crippen LogP contribution in [-0.2, 0) is 0 Å². The van der Waals surface area contributed by atoms with Gasteiger partial charge in [-0.25, -0.2) is 0 Å². The first-order chi connectivity index (χ1) is 8.16. The van der Waals surface area contributed by atoms with Crippen molar-refractivity contribution in [3.05, 3.63) is 30.3 Å². The Morgan fingerprint density at radius 3 is 2.53 bits per heavy atom. The third-order valence-electron chi connectivity index (χ3n) is 3.86. The predicted molar refractivity (Wildman–Crippen MR) is 71.0 cm³/mol. The average Bonchev–Trinajstić information content (AvgIpc) is 2.33. The zero-order valence-electron chi connectivity index (χ0n) is 10.8. The van der Waals surface area contributed by atoms with Gasteiger partial charge in [0.2, 0.25) is 0 Å². The largest absolute Gasteiger partial charge is 0.489 e. The quantitative estimate of drug-likeness (QED) is 0.870. The highest BCUT2D eigenvalue weighted by Gasteiger charge is 2.30. The van der Waals surface area contributed by atoms with Crippen molar-refractivity contribution in [2.24, 2.45) is 17.6 Å². The predicted octanol–water partition coefficient (Wildman–Crippen LogP) is 3.22. The third kappa shape index (κ3) is 3.22. The third-order valence-corrected chi connectivity index (χ3v) is 3.86. The first kappa shape index (κ1) is 12.4. The topological polar surface area (TPSA) is 35.2 Å². The molecule has 2 nitrogen and oxygen atoms in total. The molecule has 0 spiro atoms. The van der Waals surface area contributed by atoms with E-state index in [1.165, 1.54) is 6.42 Å². The summed E-state index contributed by atoms with van der Waals surface area (Å²) < 4.78 is 6.02. The summed E-state index contributed by atoms with van der Waals surface area (Å²) in [6, 6.07) is 10.2. The van der Waals surface area contributed by atoms with Crippen molar-refractivity contribution in [3.63, 3.8) is 0 Å². The van der Waals surface area contributed by atoms with Gasteiger partial charge in [-0.3, -0.25) is 0 Å². The van der Waals surface area contributed by atoms with Gasteiger partial charge < -0.3 is 10.5 Å². The van der Waals surface area contributed by atoms with Crippen molar-refractivity contribution >= 4 is 0 Å². The summed E-state index contributed by atoms with van der Waals surface area (Å²) in [6.45, 7) is 4.59. The molecule has 0 heterocycles. The van der Waals surface area contributed by atoms with E-state index in [-0.39, 0.29) is 12.1 Å². The van der Waals surface area contributed by atoms with Gasteiger partial charge in [0.15, 0.2) is 0 Å². The van der Waals surface area contributed by atoms with Gasteiger partial charge in [-0.1, -0.05) is 32.0 Å². The molecule has 3 unspecified atom stereocenters. The summed E-state index contributed by atoms with van der Waals surface area (Å²) >= 11 is 0. The number of benzene rings is 1. The maximum atomic E-state index is 6.16. The van der Waals surface area contributed by atoms with Crippen LogP contribution in [0.3, 0.4) is 0 Å². The maximum absolute atomic E-state index is 6.16. The summed E-state index contributed by atoms with van der Waals surface area (Å²) in [5.41, 5.74) is 6.16. The molecule has 0 aliphatic heterocycles. The lowest BCUT2D eigenvalue weighted by molar-refractivity contribution is 0.0868. The minimum Gasteiger partial charge on any atom is -0.489 e. The minimum absolute atomic E-state index is 0.179. The van der Waals surface area contributed by atoms with E-state index < -0.39 is 0 Å². The standard InChI is InChI=1S/C15H23NO/c1-11(2)12-8-9-14(16)15(10-12)17-13-6-4-3-5-7-13/h3-7,11-12,14-15H,8-10,16H2,1-2H3. The number of ether oxygens (including phenoxy) is 1. The minimum atomic E-state index is 0.179. The van der Waals surface area contributed by atoms with E-state index in [2.05, 4.69) is 13.8 Å². The lowest BCUT2D eigenvalue weighted by Gasteiger charge is -2.36. The molecule has 1 fully saturated rings. The SMILES string of the molecule is CC(C)C1CCC(N)C(Oc2ccccc2)C1. The van der Waals surface area contributed by atoms with Crippen LogP contribution in [0.25, 0.3) is 0 Å². The smallest absolute Gasteiger partial charge is 0.119 e. The molecule has 1 saturated carbocycles. The van der Waals surface area contributed by atoms with Gasteiger partial charge in [0.25, 0.3) is 0 Å². The zero-order chi connectivity index (χ0) is 12.3. The van der Waals surface area contributed by atoms with Gasteiger partial charge in [-0.15, -0.1) is 0 Å². The highest BCUT2D eigenvalue weighted by Crippen LogP contribution is 2.31. The number of para-hydroxylation sites is 1. The lowest BCUT2D eigenvalue weighted by atomic mass is 9.78. The van der Waals surface area contributed by atoms with Crippen LogP contribution in [0.4, 0.5) is 0 Å². The molecule has 0 radical (unpaired) electrons. The second-order valence-corrected chi connectivity index (χ2v) is 5.45. The lowest BCUT2D eigenvalue weighted by Crippen LogP contribution is -2.44. The number of hydrogen-bond donors (Lipinski definition) is 1. The molecule has 2 heteroatoms. The van der Waals surface area contributed by atoms with Crippen LogP contribution in [0.5, 0.6) is 5.75 Å². The Hall–Kier alpha value is -1.02. The Bertz CT molecular complexity index is 336. The van der Waals surface area contributed by atoms with Crippen LogP contribution in [0.1, 0.15) is 33.1 Å². The first-order valence-electron chi connectivity index (χ1n) is 6.64. The highest BCUT2D eigenvalue weighted by molar-refractivity contribution is 5.21. The summed E-state index contributed by atoms with van der Waals surface area (Å²) in [6.07, 6.45) is 3.60. The molecule has 0 aromatic heterocycles. The summed E-state index contributed by atoms with van der Waals surface area (Å²) in [5, 5.41) is 0. The molecule has 1 aromatic carbocycles. The molecule has 3 atom stereocenters. The Balaban J connectivity index is 1.99. The molecule has 0 saturated heterocycles. The molecular weight excluding hydrogens is 210 g/mol. The van der Waals surface area contributed by atoms with Gasteiger partial charge in [0, 0.05) is 6.04 Å². The molecule has 2 N–H and O–H groups in total. The molecule has 1 aliphatic rings. The number of hydrogen-bond acceptors (Lipinski definition) is 2. The van der Waals surface area contributed by atoms with Gasteiger partial charge in [-0.2, -0.15) is 0 Å². The van der Waals surface area contributed by atoms with E-state index in [4.69, 9.17) is 10.5 Å². The van der Waals surface area contributed by atoms with Crippen LogP contribution < -0.4 is 10.5 Å². The fourth-order valence-corrected chi connectivity index (χ4v) is 2.60. The molecule has 2 rings (SSSR count). The van der Waals surface area contributed by atoms with Crippen molar-refractivity contribution in [2.75, 3.05) is 0 Å². The van der Waals surface area contributed by atoms with E-state index in [0.29, 0.717) is 0 Å². The van der Waals surface area contributed by atoms with Crippen LogP contribution >= 0.6 is 0 Å². The second kappa shape index (κ2) is 5.54. The molecule has 1 aromatic rings. The Labute approximate surface area is 104 Å². The molecule has 0 bridgehead atoms. The summed E-state index contributed by atoms with van der Waals surface area (Å²) in [7, 11) is 0. The van der Waals surface area contributed by atoms with Gasteiger partial charge in [-0.05, 0) is 43.2 Å². The summed E-state index contributed by atoms with van der Waals surface area (Å²) in [4.78, 5) is 0. The Morgan fingerprint density at radius 2 is 1.88 bits per heavy atom. The highest BCUT2D eigenvalue weighted by atomic mass is 16.5. The fraction of sp³-hybridized carbons (Fsp3) is 0.600. The molecule has 0 amide bonds. The van der Waals surface area contributed by atoms with Crippen molar-refractivity contribution in [1.82, 2.24) is 0 Å². The van der Waals surface area contributed by atoms with E-state index in [0.717, 1.165) is 30.4 Å². The van der Waals surface area contributed by atoms with Crippen molar-refractivity contribution in [2.45, 2.75) is 45.3 Å². The van der Waals surface area contributed by atoms with E-state index >= 15 is 0 Å². The molecular formula is C15H23NO. The monoisotopic (exact) mass is 233 g/mol. The van der Waals surface area contributed by atoms with E-state index in [9.17, 15) is 0 Å². The number of nitrogens with two attached hydrogens (primary N) is 1. The van der Waals surface area contributed by atoms with Gasteiger partial charge in [0.05, 0.1) is 0 Å². The van der Waals surface area contributed by atoms with E-state index in [1.54, 1.807) is 0 Å². The Kier molecular flexibility index (Phi) is 4.06.